The van der Waals surface area contributed by atoms with Crippen molar-refractivity contribution in [1.29, 1.82) is 0 Å². The average Bonchev–Trinajstić information content (AvgIpc) is 2.71. The Morgan fingerprint density at radius 2 is 2.31 bits per heavy atom. The third-order valence-corrected chi connectivity index (χ3v) is 4.15. The van der Waals surface area contributed by atoms with Crippen molar-refractivity contribution in [2.75, 3.05) is 18.0 Å². The number of rotatable bonds is 3. The molecule has 0 amide bonds. The van der Waals surface area contributed by atoms with Gasteiger partial charge in [-0.15, -0.1) is 10.2 Å². The quantitative estimate of drug-likeness (QED) is 0.875. The summed E-state index contributed by atoms with van der Waals surface area (Å²) in [4.78, 5) is 2.15. The zero-order chi connectivity index (χ0) is 11.5. The molecule has 1 fully saturated rings. The van der Waals surface area contributed by atoms with Crippen molar-refractivity contribution in [3.05, 3.63) is 5.01 Å². The van der Waals surface area contributed by atoms with Crippen LogP contribution >= 0.6 is 11.3 Å². The standard InChI is InChI=1S/C11H19N3OS/c1-3-4-10-12-13-11(16-10)14-6-5-8(2)9(15)7-14/h8-9,15H,3-7H2,1-2H3. The van der Waals surface area contributed by atoms with Crippen LogP contribution in [0.1, 0.15) is 31.7 Å². The molecule has 90 valence electrons. The smallest absolute Gasteiger partial charge is 0.208 e. The van der Waals surface area contributed by atoms with Crippen LogP contribution in [0.15, 0.2) is 0 Å². The Balaban J connectivity index is 2.01. The zero-order valence-electron chi connectivity index (χ0n) is 9.89. The molecule has 0 saturated carbocycles. The maximum atomic E-state index is 9.83. The van der Waals surface area contributed by atoms with Gasteiger partial charge in [0.1, 0.15) is 5.01 Å². The molecule has 4 nitrogen and oxygen atoms in total. The van der Waals surface area contributed by atoms with Gasteiger partial charge < -0.3 is 10.0 Å². The predicted molar refractivity (Wildman–Crippen MR) is 65.9 cm³/mol. The summed E-state index contributed by atoms with van der Waals surface area (Å²) in [7, 11) is 0. The normalized spacial score (nSPS) is 26.1. The number of aromatic nitrogens is 2. The number of aliphatic hydroxyl groups is 1. The molecule has 1 aliphatic rings. The van der Waals surface area contributed by atoms with Crippen molar-refractivity contribution in [3.8, 4) is 0 Å². The Kier molecular flexibility index (Phi) is 3.76. The summed E-state index contributed by atoms with van der Waals surface area (Å²) in [6, 6.07) is 0. The summed E-state index contributed by atoms with van der Waals surface area (Å²) < 4.78 is 0. The van der Waals surface area contributed by atoms with E-state index in [-0.39, 0.29) is 6.10 Å². The van der Waals surface area contributed by atoms with Gasteiger partial charge in [-0.1, -0.05) is 25.2 Å². The van der Waals surface area contributed by atoms with E-state index in [2.05, 4.69) is 28.9 Å². The molecule has 16 heavy (non-hydrogen) atoms. The van der Waals surface area contributed by atoms with Crippen molar-refractivity contribution in [3.63, 3.8) is 0 Å². The number of hydrogen-bond donors (Lipinski definition) is 1. The summed E-state index contributed by atoms with van der Waals surface area (Å²) in [6.07, 6.45) is 2.91. The summed E-state index contributed by atoms with van der Waals surface area (Å²) in [6.45, 7) is 5.93. The highest BCUT2D eigenvalue weighted by atomic mass is 32.1. The van der Waals surface area contributed by atoms with Crippen LogP contribution in [0.2, 0.25) is 0 Å². The van der Waals surface area contributed by atoms with Crippen LogP contribution in [0.5, 0.6) is 0 Å². The minimum atomic E-state index is -0.229. The SMILES string of the molecule is CCCc1nnc(N2CCC(C)C(O)C2)s1. The summed E-state index contributed by atoms with van der Waals surface area (Å²) >= 11 is 1.66. The van der Waals surface area contributed by atoms with Crippen LogP contribution in [0, 0.1) is 5.92 Å². The zero-order valence-corrected chi connectivity index (χ0v) is 10.7. The highest BCUT2D eigenvalue weighted by Gasteiger charge is 2.26. The topological polar surface area (TPSA) is 49.2 Å². The lowest BCUT2D eigenvalue weighted by Crippen LogP contribution is -2.42. The number of piperidine rings is 1. The van der Waals surface area contributed by atoms with E-state index in [9.17, 15) is 5.11 Å². The first-order valence-corrected chi connectivity index (χ1v) is 6.77. The molecule has 2 atom stereocenters. The monoisotopic (exact) mass is 241 g/mol. The predicted octanol–water partition coefficient (Wildman–Crippen LogP) is 1.70. The van der Waals surface area contributed by atoms with Crippen molar-refractivity contribution >= 4 is 16.5 Å². The molecular weight excluding hydrogens is 222 g/mol. The number of anilines is 1. The van der Waals surface area contributed by atoms with E-state index in [4.69, 9.17) is 0 Å². The van der Waals surface area contributed by atoms with Gasteiger partial charge in [0, 0.05) is 19.5 Å². The second kappa shape index (κ2) is 5.10. The van der Waals surface area contributed by atoms with E-state index in [0.717, 1.165) is 35.9 Å². The lowest BCUT2D eigenvalue weighted by Gasteiger charge is -2.33. The van der Waals surface area contributed by atoms with Gasteiger partial charge in [-0.25, -0.2) is 0 Å². The van der Waals surface area contributed by atoms with Crippen molar-refractivity contribution in [2.24, 2.45) is 5.92 Å². The Morgan fingerprint density at radius 1 is 1.50 bits per heavy atom. The van der Waals surface area contributed by atoms with Gasteiger partial charge in [0.2, 0.25) is 5.13 Å². The minimum absolute atomic E-state index is 0.229. The van der Waals surface area contributed by atoms with Crippen LogP contribution in [-0.4, -0.2) is 34.5 Å². The van der Waals surface area contributed by atoms with Crippen LogP contribution in [0.3, 0.4) is 0 Å². The third kappa shape index (κ3) is 2.52. The summed E-state index contributed by atoms with van der Waals surface area (Å²) in [5.41, 5.74) is 0. The molecule has 0 aliphatic carbocycles. The minimum Gasteiger partial charge on any atom is -0.391 e. The van der Waals surface area contributed by atoms with Gasteiger partial charge in [-0.3, -0.25) is 0 Å². The molecule has 1 N–H and O–H groups in total. The van der Waals surface area contributed by atoms with Crippen molar-refractivity contribution in [1.82, 2.24) is 10.2 Å². The molecule has 1 saturated heterocycles. The lowest BCUT2D eigenvalue weighted by atomic mass is 9.96. The molecule has 0 radical (unpaired) electrons. The Labute approximate surface area is 100 Å². The summed E-state index contributed by atoms with van der Waals surface area (Å²) in [5, 5.41) is 20.3. The van der Waals surface area contributed by atoms with Gasteiger partial charge in [-0.05, 0) is 18.8 Å². The molecule has 0 aromatic carbocycles. The second-order valence-corrected chi connectivity index (χ2v) is 5.55. The first kappa shape index (κ1) is 11.8. The molecule has 1 aliphatic heterocycles. The number of aryl methyl sites for hydroxylation is 1. The van der Waals surface area contributed by atoms with E-state index in [0.29, 0.717) is 12.5 Å². The molecule has 0 bridgehead atoms. The fraction of sp³-hybridized carbons (Fsp3) is 0.818. The van der Waals surface area contributed by atoms with Crippen LogP contribution in [-0.2, 0) is 6.42 Å². The van der Waals surface area contributed by atoms with E-state index < -0.39 is 0 Å². The highest BCUT2D eigenvalue weighted by molar-refractivity contribution is 7.15. The number of aliphatic hydroxyl groups excluding tert-OH is 1. The Morgan fingerprint density at radius 3 is 3.00 bits per heavy atom. The molecule has 2 unspecified atom stereocenters. The van der Waals surface area contributed by atoms with Crippen LogP contribution in [0.25, 0.3) is 0 Å². The van der Waals surface area contributed by atoms with Crippen molar-refractivity contribution in [2.45, 2.75) is 39.2 Å². The highest BCUT2D eigenvalue weighted by Crippen LogP contribution is 2.26. The van der Waals surface area contributed by atoms with E-state index in [1.165, 1.54) is 0 Å². The molecule has 0 spiro atoms. The number of nitrogens with zero attached hydrogens (tertiary/aromatic N) is 3. The molecule has 1 aromatic rings. The molecule has 2 heterocycles. The Hall–Kier alpha value is -0.680. The fourth-order valence-corrected chi connectivity index (χ4v) is 2.89. The number of hydrogen-bond acceptors (Lipinski definition) is 5. The Bertz CT molecular complexity index is 342. The average molecular weight is 241 g/mol. The van der Waals surface area contributed by atoms with E-state index in [1.54, 1.807) is 11.3 Å². The largest absolute Gasteiger partial charge is 0.391 e. The van der Waals surface area contributed by atoms with Crippen molar-refractivity contribution < 1.29 is 5.11 Å². The summed E-state index contributed by atoms with van der Waals surface area (Å²) in [5.74, 6) is 0.402. The van der Waals surface area contributed by atoms with Gasteiger partial charge in [-0.2, -0.15) is 0 Å². The van der Waals surface area contributed by atoms with E-state index in [1.807, 2.05) is 0 Å². The first-order valence-electron chi connectivity index (χ1n) is 5.96. The van der Waals surface area contributed by atoms with Gasteiger partial charge >= 0.3 is 0 Å². The van der Waals surface area contributed by atoms with Crippen LogP contribution in [0.4, 0.5) is 5.13 Å². The molecule has 1 aromatic heterocycles. The molecular formula is C11H19N3OS. The lowest BCUT2D eigenvalue weighted by molar-refractivity contribution is 0.103. The van der Waals surface area contributed by atoms with Crippen LogP contribution < -0.4 is 4.90 Å². The van der Waals surface area contributed by atoms with Gasteiger partial charge in [0.15, 0.2) is 0 Å². The van der Waals surface area contributed by atoms with Gasteiger partial charge in [0.05, 0.1) is 6.10 Å². The third-order valence-electron chi connectivity index (χ3n) is 3.11. The number of β-amino-alcohol motifs (C(OH)–C–C–N with tert-alkyl or cyclic N) is 1. The van der Waals surface area contributed by atoms with E-state index >= 15 is 0 Å². The molecule has 2 rings (SSSR count). The fourth-order valence-electron chi connectivity index (χ4n) is 1.91. The second-order valence-electron chi connectivity index (χ2n) is 4.51. The maximum Gasteiger partial charge on any atom is 0.208 e. The molecule has 5 heteroatoms. The first-order chi connectivity index (χ1) is 7.70. The van der Waals surface area contributed by atoms with Gasteiger partial charge in [0.25, 0.3) is 0 Å². The maximum absolute atomic E-state index is 9.83.